The second-order valence-electron chi connectivity index (χ2n) is 7.91. The molecule has 0 aliphatic carbocycles. The molecule has 0 atom stereocenters. The number of hydrogen-bond donors (Lipinski definition) is 2. The lowest BCUT2D eigenvalue weighted by Gasteiger charge is -2.17. The summed E-state index contributed by atoms with van der Waals surface area (Å²) in [5.74, 6) is -1.23. The van der Waals surface area contributed by atoms with Crippen LogP contribution in [0.1, 0.15) is 41.5 Å². The van der Waals surface area contributed by atoms with Crippen LogP contribution in [0, 0.1) is 0 Å². The minimum absolute atomic E-state index is 0.00208. The van der Waals surface area contributed by atoms with Crippen molar-refractivity contribution in [2.45, 2.75) is 20.8 Å². The van der Waals surface area contributed by atoms with Crippen LogP contribution in [0.25, 0.3) is 33.1 Å². The number of ether oxygens (including phenoxy) is 2. The Bertz CT molecular complexity index is 1490. The first-order chi connectivity index (χ1) is 19.0. The zero-order valence-corrected chi connectivity index (χ0v) is 22.4. The molecule has 0 aliphatic heterocycles. The lowest BCUT2D eigenvalue weighted by atomic mass is 9.97. The molecule has 12 heteroatoms. The molecule has 2 N–H and O–H groups in total. The van der Waals surface area contributed by atoms with Crippen molar-refractivity contribution in [1.29, 1.82) is 0 Å². The first kappa shape index (κ1) is 27.3. The molecule has 4 aromatic rings. The Hall–Kier alpha value is -4.71. The molecular formula is C27H26N6O5S. The summed E-state index contributed by atoms with van der Waals surface area (Å²) in [7, 11) is 0. The quantitative estimate of drug-likeness (QED) is 0.282. The molecule has 0 aliphatic rings. The number of aromatic nitrogens is 4. The third-order valence-corrected chi connectivity index (χ3v) is 6.19. The zero-order chi connectivity index (χ0) is 27.8. The van der Waals surface area contributed by atoms with Crippen molar-refractivity contribution in [1.82, 2.24) is 25.3 Å². The van der Waals surface area contributed by atoms with Crippen molar-refractivity contribution in [3.63, 3.8) is 0 Å². The Balaban J connectivity index is 1.96. The number of carbonyl (C=O) groups is 3. The van der Waals surface area contributed by atoms with E-state index in [4.69, 9.17) is 14.5 Å². The van der Waals surface area contributed by atoms with Gasteiger partial charge < -0.3 is 14.8 Å². The normalized spacial score (nSPS) is 10.5. The summed E-state index contributed by atoms with van der Waals surface area (Å²) in [5.41, 5.74) is 2.82. The fourth-order valence-electron chi connectivity index (χ4n) is 3.70. The Morgan fingerprint density at radius 3 is 2.46 bits per heavy atom. The fraction of sp³-hybridized carbons (Fsp3) is 0.222. The summed E-state index contributed by atoms with van der Waals surface area (Å²) in [6.07, 6.45) is 6.10. The highest BCUT2D eigenvalue weighted by molar-refractivity contribution is 7.13. The van der Waals surface area contributed by atoms with Gasteiger partial charge in [0.25, 0.3) is 0 Å². The lowest BCUT2D eigenvalue weighted by molar-refractivity contribution is 0.0517. The number of nitrogens with one attached hydrogen (secondary N) is 2. The van der Waals surface area contributed by atoms with Crippen LogP contribution in [0.2, 0.25) is 0 Å². The van der Waals surface area contributed by atoms with Gasteiger partial charge in [0.1, 0.15) is 22.1 Å². The number of pyridine rings is 3. The van der Waals surface area contributed by atoms with Crippen molar-refractivity contribution in [3.05, 3.63) is 65.6 Å². The first-order valence-corrected chi connectivity index (χ1v) is 13.1. The van der Waals surface area contributed by atoms with E-state index >= 15 is 0 Å². The maximum absolute atomic E-state index is 13.4. The molecule has 2 amide bonds. The van der Waals surface area contributed by atoms with E-state index in [-0.39, 0.29) is 30.2 Å². The highest BCUT2D eigenvalue weighted by Crippen LogP contribution is 2.40. The molecule has 4 rings (SSSR count). The van der Waals surface area contributed by atoms with E-state index < -0.39 is 18.0 Å². The van der Waals surface area contributed by atoms with E-state index in [9.17, 15) is 14.4 Å². The largest absolute Gasteiger partial charge is 0.462 e. The molecule has 4 heterocycles. The van der Waals surface area contributed by atoms with E-state index in [1.165, 1.54) is 23.7 Å². The molecule has 11 nitrogen and oxygen atoms in total. The van der Waals surface area contributed by atoms with Crippen LogP contribution in [0.5, 0.6) is 0 Å². The average Bonchev–Trinajstić information content (AvgIpc) is 3.44. The number of nitrogens with zero attached hydrogens (tertiary/aromatic N) is 4. The predicted molar refractivity (Wildman–Crippen MR) is 146 cm³/mol. The van der Waals surface area contributed by atoms with Crippen LogP contribution in [0.3, 0.4) is 0 Å². The maximum Gasteiger partial charge on any atom is 0.342 e. The summed E-state index contributed by atoms with van der Waals surface area (Å²) >= 11 is 1.29. The highest BCUT2D eigenvalue weighted by Gasteiger charge is 2.28. The van der Waals surface area contributed by atoms with Gasteiger partial charge >= 0.3 is 18.0 Å². The molecule has 200 valence electrons. The zero-order valence-electron chi connectivity index (χ0n) is 21.6. The van der Waals surface area contributed by atoms with Gasteiger partial charge in [0.05, 0.1) is 24.5 Å². The molecule has 0 radical (unpaired) electrons. The van der Waals surface area contributed by atoms with Gasteiger partial charge in [0.2, 0.25) is 0 Å². The van der Waals surface area contributed by atoms with Crippen LogP contribution < -0.4 is 10.6 Å². The van der Waals surface area contributed by atoms with Gasteiger partial charge in [-0.2, -0.15) is 0 Å². The van der Waals surface area contributed by atoms with Crippen molar-refractivity contribution in [3.8, 4) is 33.1 Å². The first-order valence-electron chi connectivity index (χ1n) is 12.2. The number of rotatable bonds is 9. The molecule has 0 saturated heterocycles. The fourth-order valence-corrected chi connectivity index (χ4v) is 4.57. The minimum atomic E-state index is -0.697. The van der Waals surface area contributed by atoms with E-state index in [1.54, 1.807) is 45.3 Å². The standard InChI is InChI=1S/C27H26N6O5S/c1-4-29-27(36)33-23-22(26(35)38-6-3)21(24-32-20(15-39-24)19-9-7-8-10-30-19)18(14-31-23)16-11-17(13-28-12-16)25(34)37-5-2/h7-15H,4-6H2,1-3H3,(H2,29,31,33,36). The SMILES string of the molecule is CCNC(=O)Nc1ncc(-c2cncc(C(=O)OCC)c2)c(-c2nc(-c3ccccn3)cs2)c1C(=O)OCC. The third kappa shape index (κ3) is 6.24. The van der Waals surface area contributed by atoms with E-state index in [0.717, 1.165) is 0 Å². The van der Waals surface area contributed by atoms with Gasteiger partial charge in [-0.15, -0.1) is 11.3 Å². The third-order valence-electron chi connectivity index (χ3n) is 5.33. The molecular weight excluding hydrogens is 520 g/mol. The van der Waals surface area contributed by atoms with Crippen LogP contribution >= 0.6 is 11.3 Å². The summed E-state index contributed by atoms with van der Waals surface area (Å²) in [6.45, 7) is 5.84. The van der Waals surface area contributed by atoms with Gasteiger partial charge in [0.15, 0.2) is 0 Å². The lowest BCUT2D eigenvalue weighted by Crippen LogP contribution is -2.29. The molecule has 0 saturated carbocycles. The molecule has 0 aromatic carbocycles. The molecule has 4 aromatic heterocycles. The second kappa shape index (κ2) is 12.7. The Morgan fingerprint density at radius 2 is 1.74 bits per heavy atom. The second-order valence-corrected chi connectivity index (χ2v) is 8.77. The number of hydrogen-bond acceptors (Lipinski definition) is 10. The van der Waals surface area contributed by atoms with E-state index in [0.29, 0.717) is 39.6 Å². The number of anilines is 1. The monoisotopic (exact) mass is 546 g/mol. The maximum atomic E-state index is 13.4. The van der Waals surface area contributed by atoms with Gasteiger partial charge in [-0.25, -0.2) is 24.4 Å². The summed E-state index contributed by atoms with van der Waals surface area (Å²) in [5, 5.41) is 7.54. The molecule has 39 heavy (non-hydrogen) atoms. The van der Waals surface area contributed by atoms with Gasteiger partial charge in [-0.3, -0.25) is 15.3 Å². The van der Waals surface area contributed by atoms with Crippen LogP contribution in [-0.2, 0) is 9.47 Å². The molecule has 0 fully saturated rings. The van der Waals surface area contributed by atoms with Crippen molar-refractivity contribution in [2.24, 2.45) is 0 Å². The summed E-state index contributed by atoms with van der Waals surface area (Å²) < 4.78 is 10.5. The topological polar surface area (TPSA) is 145 Å². The van der Waals surface area contributed by atoms with Crippen molar-refractivity contribution < 1.29 is 23.9 Å². The van der Waals surface area contributed by atoms with Crippen molar-refractivity contribution in [2.75, 3.05) is 25.1 Å². The summed E-state index contributed by atoms with van der Waals surface area (Å²) in [6, 6.07) is 6.55. The molecule has 0 unspecified atom stereocenters. The van der Waals surface area contributed by atoms with Crippen LogP contribution in [0.15, 0.2) is 54.4 Å². The Morgan fingerprint density at radius 1 is 0.949 bits per heavy atom. The van der Waals surface area contributed by atoms with Gasteiger partial charge in [-0.05, 0) is 39.0 Å². The predicted octanol–water partition coefficient (Wildman–Crippen LogP) is 4.82. The molecule has 0 bridgehead atoms. The number of amides is 2. The van der Waals surface area contributed by atoms with Crippen LogP contribution in [-0.4, -0.2) is 57.7 Å². The van der Waals surface area contributed by atoms with Crippen LogP contribution in [0.4, 0.5) is 10.6 Å². The molecule has 0 spiro atoms. The number of thiazole rings is 1. The highest BCUT2D eigenvalue weighted by atomic mass is 32.1. The minimum Gasteiger partial charge on any atom is -0.462 e. The Labute approximate surface area is 228 Å². The van der Waals surface area contributed by atoms with Gasteiger partial charge in [0, 0.05) is 53.4 Å². The van der Waals surface area contributed by atoms with Crippen molar-refractivity contribution >= 4 is 35.1 Å². The smallest absolute Gasteiger partial charge is 0.342 e. The van der Waals surface area contributed by atoms with E-state index in [1.807, 2.05) is 17.5 Å². The number of carbonyl (C=O) groups excluding carboxylic acids is 3. The summed E-state index contributed by atoms with van der Waals surface area (Å²) in [4.78, 5) is 55.9. The van der Waals surface area contributed by atoms with Gasteiger partial charge in [-0.1, -0.05) is 6.07 Å². The number of urea groups is 1. The average molecular weight is 547 g/mol. The number of esters is 2. The Kier molecular flexibility index (Phi) is 8.90. The van der Waals surface area contributed by atoms with E-state index in [2.05, 4.69) is 25.6 Å².